The van der Waals surface area contributed by atoms with E-state index in [9.17, 15) is 4.79 Å². The number of nitrogens with one attached hydrogen (secondary N) is 1. The molecule has 1 aliphatic heterocycles. The molecule has 0 saturated carbocycles. The highest BCUT2D eigenvalue weighted by atomic mass is 35.5. The maximum atomic E-state index is 13.6. The lowest BCUT2D eigenvalue weighted by atomic mass is 9.84. The summed E-state index contributed by atoms with van der Waals surface area (Å²) in [6.07, 6.45) is 0. The van der Waals surface area contributed by atoms with Crippen LogP contribution in [0, 0.1) is 5.41 Å². The average molecular weight is 530 g/mol. The Hall–Kier alpha value is -3.11. The number of nitrogens with zero attached hydrogens (tertiary/aromatic N) is 6. The van der Waals surface area contributed by atoms with Crippen LogP contribution < -0.4 is 20.2 Å². The monoisotopic (exact) mass is 529 g/mol. The minimum atomic E-state index is -0.249. The quantitative estimate of drug-likeness (QED) is 0.445. The molecule has 0 atom stereocenters. The fraction of sp³-hybridized carbons (Fsp3) is 0.538. The number of halogens is 1. The number of hydrogen-bond donors (Lipinski definition) is 1. The number of carbonyl (C=O) groups excluding carboxylic acids is 1. The van der Waals surface area contributed by atoms with Gasteiger partial charge >= 0.3 is 0 Å². The van der Waals surface area contributed by atoms with Gasteiger partial charge in [0.15, 0.2) is 16.6 Å². The van der Waals surface area contributed by atoms with Gasteiger partial charge in [-0.2, -0.15) is 4.52 Å². The number of benzene rings is 1. The number of methoxy groups -OCH3 is 1. The molecule has 4 rings (SSSR count). The zero-order valence-corrected chi connectivity index (χ0v) is 23.2. The standard InChI is InChI=1S/C26H36ClN7O3/c1-7-31(8-2)20-15-22-29-33(25(28)34(22)30-24(20)27)16-21(35)17-13-18(26(3,4)5)23(36-6)19(14-17)32-9-11-37-12-10-32/h13-15,28H,7-12,16H2,1-6H3. The number of fused-ring (bicyclic) bond motifs is 1. The molecule has 1 fully saturated rings. The minimum Gasteiger partial charge on any atom is -0.494 e. The first-order valence-corrected chi connectivity index (χ1v) is 13.0. The lowest BCUT2D eigenvalue weighted by molar-refractivity contribution is 0.0965. The summed E-state index contributed by atoms with van der Waals surface area (Å²) in [6.45, 7) is 14.5. The van der Waals surface area contributed by atoms with Crippen molar-refractivity contribution in [1.29, 1.82) is 5.41 Å². The van der Waals surface area contributed by atoms with Gasteiger partial charge < -0.3 is 19.3 Å². The Morgan fingerprint density at radius 2 is 1.84 bits per heavy atom. The number of aromatic nitrogens is 4. The van der Waals surface area contributed by atoms with Crippen LogP contribution in [0.1, 0.15) is 50.5 Å². The molecule has 1 N–H and O–H groups in total. The van der Waals surface area contributed by atoms with Gasteiger partial charge in [0.05, 0.1) is 31.7 Å². The zero-order valence-electron chi connectivity index (χ0n) is 22.5. The van der Waals surface area contributed by atoms with E-state index in [-0.39, 0.29) is 23.4 Å². The Kier molecular flexibility index (Phi) is 7.80. The van der Waals surface area contributed by atoms with Crippen molar-refractivity contribution in [2.24, 2.45) is 0 Å². The molecule has 0 radical (unpaired) electrons. The molecule has 0 spiro atoms. The van der Waals surface area contributed by atoms with Crippen LogP contribution >= 0.6 is 11.6 Å². The second kappa shape index (κ2) is 10.7. The Morgan fingerprint density at radius 3 is 2.43 bits per heavy atom. The first kappa shape index (κ1) is 26.9. The van der Waals surface area contributed by atoms with Crippen LogP contribution in [0.2, 0.25) is 5.15 Å². The van der Waals surface area contributed by atoms with E-state index >= 15 is 0 Å². The van der Waals surface area contributed by atoms with Crippen LogP contribution in [0.3, 0.4) is 0 Å². The topological polar surface area (TPSA) is 101 Å². The number of ketones is 1. The van der Waals surface area contributed by atoms with Gasteiger partial charge in [-0.25, -0.2) is 4.68 Å². The third-order valence-electron chi connectivity index (χ3n) is 6.70. The van der Waals surface area contributed by atoms with Gasteiger partial charge in [0.2, 0.25) is 5.62 Å². The van der Waals surface area contributed by atoms with Gasteiger partial charge in [0.25, 0.3) is 0 Å². The Bertz CT molecular complexity index is 1350. The molecule has 1 saturated heterocycles. The lowest BCUT2D eigenvalue weighted by Gasteiger charge is -2.33. The zero-order chi connectivity index (χ0) is 26.9. The van der Waals surface area contributed by atoms with Crippen molar-refractivity contribution in [3.63, 3.8) is 0 Å². The number of morpholine rings is 1. The summed E-state index contributed by atoms with van der Waals surface area (Å²) in [4.78, 5) is 17.9. The second-order valence-electron chi connectivity index (χ2n) is 10.1. The highest BCUT2D eigenvalue weighted by molar-refractivity contribution is 6.32. The van der Waals surface area contributed by atoms with Crippen LogP contribution in [0.5, 0.6) is 5.75 Å². The Labute approximate surface area is 222 Å². The molecule has 11 heteroatoms. The van der Waals surface area contributed by atoms with Crippen LogP contribution in [0.4, 0.5) is 11.4 Å². The first-order valence-electron chi connectivity index (χ1n) is 12.6. The van der Waals surface area contributed by atoms with Crippen LogP contribution in [-0.2, 0) is 16.7 Å². The molecule has 200 valence electrons. The summed E-state index contributed by atoms with van der Waals surface area (Å²) in [5, 5.41) is 17.8. The number of anilines is 2. The fourth-order valence-electron chi connectivity index (χ4n) is 4.65. The van der Waals surface area contributed by atoms with E-state index < -0.39 is 0 Å². The number of Topliss-reactive ketones (excluding diaryl/α,β-unsaturated/α-hetero) is 1. The molecule has 0 aliphatic carbocycles. The molecule has 37 heavy (non-hydrogen) atoms. The van der Waals surface area contributed by atoms with E-state index in [0.29, 0.717) is 29.6 Å². The van der Waals surface area contributed by atoms with Gasteiger partial charge in [-0.05, 0) is 31.4 Å². The summed E-state index contributed by atoms with van der Waals surface area (Å²) in [5.41, 5.74) is 3.32. The Balaban J connectivity index is 1.74. The van der Waals surface area contributed by atoms with E-state index in [4.69, 9.17) is 26.5 Å². The summed E-state index contributed by atoms with van der Waals surface area (Å²) in [5.74, 6) is 0.620. The maximum Gasteiger partial charge on any atom is 0.242 e. The SMILES string of the molecule is CCN(CC)c1cc2nn(CC(=O)c3cc(N4CCOCC4)c(OC)c(C(C)(C)C)c3)c(=N)n2nc1Cl. The van der Waals surface area contributed by atoms with Gasteiger partial charge in [0, 0.05) is 43.4 Å². The van der Waals surface area contributed by atoms with E-state index in [1.807, 2.05) is 32.0 Å². The number of ether oxygens (including phenoxy) is 2. The smallest absolute Gasteiger partial charge is 0.242 e. The molecule has 3 aromatic rings. The van der Waals surface area contributed by atoms with E-state index in [2.05, 4.69) is 40.8 Å². The summed E-state index contributed by atoms with van der Waals surface area (Å²) in [7, 11) is 1.67. The summed E-state index contributed by atoms with van der Waals surface area (Å²) in [6, 6.07) is 5.59. The van der Waals surface area contributed by atoms with E-state index in [0.717, 1.165) is 48.9 Å². The normalized spacial score (nSPS) is 14.3. The minimum absolute atomic E-state index is 0.0192. The number of carbonyl (C=O) groups is 1. The second-order valence-corrected chi connectivity index (χ2v) is 10.5. The van der Waals surface area contributed by atoms with Crippen molar-refractivity contribution in [1.82, 2.24) is 19.4 Å². The molecule has 0 bridgehead atoms. The molecule has 1 aliphatic rings. The average Bonchev–Trinajstić information content (AvgIpc) is 3.17. The van der Waals surface area contributed by atoms with Crippen LogP contribution in [0.15, 0.2) is 18.2 Å². The molecule has 3 heterocycles. The van der Waals surface area contributed by atoms with Gasteiger partial charge in [-0.3, -0.25) is 10.2 Å². The van der Waals surface area contributed by atoms with Crippen molar-refractivity contribution < 1.29 is 14.3 Å². The van der Waals surface area contributed by atoms with Gasteiger partial charge in [0.1, 0.15) is 12.3 Å². The molecule has 10 nitrogen and oxygen atoms in total. The van der Waals surface area contributed by atoms with Gasteiger partial charge in [-0.15, -0.1) is 10.2 Å². The molecular formula is C26H36ClN7O3. The predicted octanol–water partition coefficient (Wildman–Crippen LogP) is 3.54. The maximum absolute atomic E-state index is 13.6. The van der Waals surface area contributed by atoms with Crippen molar-refractivity contribution in [3.05, 3.63) is 40.1 Å². The van der Waals surface area contributed by atoms with E-state index in [1.54, 1.807) is 7.11 Å². The molecule has 0 unspecified atom stereocenters. The van der Waals surface area contributed by atoms with Crippen molar-refractivity contribution >= 4 is 34.4 Å². The number of rotatable bonds is 8. The molecule has 2 aromatic heterocycles. The summed E-state index contributed by atoms with van der Waals surface area (Å²) < 4.78 is 14.1. The fourth-order valence-corrected chi connectivity index (χ4v) is 4.90. The van der Waals surface area contributed by atoms with Crippen molar-refractivity contribution in [2.75, 3.05) is 56.3 Å². The van der Waals surface area contributed by atoms with Crippen LogP contribution in [-0.4, -0.2) is 71.7 Å². The largest absolute Gasteiger partial charge is 0.494 e. The summed E-state index contributed by atoms with van der Waals surface area (Å²) >= 11 is 6.43. The van der Waals surface area contributed by atoms with Crippen molar-refractivity contribution in [2.45, 2.75) is 46.6 Å². The highest BCUT2D eigenvalue weighted by Gasteiger charge is 2.27. The number of hydrogen-bond acceptors (Lipinski definition) is 8. The predicted molar refractivity (Wildman–Crippen MR) is 144 cm³/mol. The Morgan fingerprint density at radius 1 is 1.16 bits per heavy atom. The van der Waals surface area contributed by atoms with Crippen molar-refractivity contribution in [3.8, 4) is 5.75 Å². The first-order chi connectivity index (χ1) is 17.6. The molecule has 0 amide bonds. The van der Waals surface area contributed by atoms with E-state index in [1.165, 1.54) is 9.20 Å². The highest BCUT2D eigenvalue weighted by Crippen LogP contribution is 2.40. The third-order valence-corrected chi connectivity index (χ3v) is 6.97. The lowest BCUT2D eigenvalue weighted by Crippen LogP contribution is -2.37. The third kappa shape index (κ3) is 5.31. The molecular weight excluding hydrogens is 494 g/mol. The van der Waals surface area contributed by atoms with Crippen LogP contribution in [0.25, 0.3) is 5.65 Å². The molecule has 1 aromatic carbocycles. The van der Waals surface area contributed by atoms with Gasteiger partial charge in [-0.1, -0.05) is 32.4 Å².